The van der Waals surface area contributed by atoms with Crippen molar-refractivity contribution >= 4 is 37.1 Å². The van der Waals surface area contributed by atoms with E-state index in [2.05, 4.69) is 9.97 Å². The van der Waals surface area contributed by atoms with E-state index in [0.29, 0.717) is 11.0 Å². The first kappa shape index (κ1) is 21.2. The summed E-state index contributed by atoms with van der Waals surface area (Å²) in [5, 5.41) is 0. The highest BCUT2D eigenvalue weighted by atomic mass is 31.2. The van der Waals surface area contributed by atoms with Crippen LogP contribution in [0, 0.1) is 0 Å². The number of hydrogen-bond acceptors (Lipinski definition) is 8. The zero-order valence-electron chi connectivity index (χ0n) is 15.4. The fourth-order valence-electron chi connectivity index (χ4n) is 2.35. The summed E-state index contributed by atoms with van der Waals surface area (Å²) in [6.45, 7) is 7.24. The van der Waals surface area contributed by atoms with E-state index < -0.39 is 15.2 Å². The molecule has 2 rings (SSSR count). The average molecular weight is 402 g/mol. The molecule has 0 saturated heterocycles. The second-order valence-electron chi connectivity index (χ2n) is 5.03. The third-order valence-electron chi connectivity index (χ3n) is 3.25. The Kier molecular flexibility index (Phi) is 7.47. The van der Waals surface area contributed by atoms with E-state index in [1.165, 1.54) is 0 Å². The van der Waals surface area contributed by atoms with Gasteiger partial charge in [0.2, 0.25) is 0 Å². The standard InChI is InChI=1S/C16H24N2O6P2/c1-5-21-25(19,22-6-2)15-16(26(20,23-7-3)24-8-4)18-14-12-10-9-11-13(14)17-15/h9-12H,5-8H2,1-4H3. The maximum absolute atomic E-state index is 13.4. The predicted molar refractivity (Wildman–Crippen MR) is 101 cm³/mol. The van der Waals surface area contributed by atoms with Gasteiger partial charge in [-0.2, -0.15) is 0 Å². The van der Waals surface area contributed by atoms with Crippen molar-refractivity contribution in [3.05, 3.63) is 24.3 Å². The van der Waals surface area contributed by atoms with Crippen LogP contribution in [0.15, 0.2) is 24.3 Å². The van der Waals surface area contributed by atoms with Gasteiger partial charge in [0.1, 0.15) is 0 Å². The molecule has 0 N–H and O–H groups in total. The molecule has 0 aliphatic carbocycles. The molecule has 0 amide bonds. The van der Waals surface area contributed by atoms with Crippen LogP contribution >= 0.6 is 15.2 Å². The molecule has 0 fully saturated rings. The summed E-state index contributed by atoms with van der Waals surface area (Å²) in [6, 6.07) is 6.98. The molecule has 144 valence electrons. The lowest BCUT2D eigenvalue weighted by Crippen LogP contribution is -2.34. The molecule has 0 aliphatic heterocycles. The third-order valence-corrected chi connectivity index (χ3v) is 7.48. The normalized spacial score (nSPS) is 12.6. The molecule has 0 unspecified atom stereocenters. The molecule has 0 bridgehead atoms. The fraction of sp³-hybridized carbons (Fsp3) is 0.500. The minimum Gasteiger partial charge on any atom is -0.304 e. The average Bonchev–Trinajstić information content (AvgIpc) is 2.61. The molecule has 0 radical (unpaired) electrons. The van der Waals surface area contributed by atoms with Gasteiger partial charge in [-0.15, -0.1) is 0 Å². The SMILES string of the molecule is CCOP(=O)(OCC)c1nc2ccccc2nc1P(=O)(OCC)OCC. The topological polar surface area (TPSA) is 96.8 Å². The van der Waals surface area contributed by atoms with Crippen molar-refractivity contribution in [2.24, 2.45) is 0 Å². The molecular weight excluding hydrogens is 378 g/mol. The van der Waals surface area contributed by atoms with Crippen molar-refractivity contribution in [2.45, 2.75) is 27.7 Å². The van der Waals surface area contributed by atoms with Gasteiger partial charge in [-0.25, -0.2) is 9.97 Å². The number of rotatable bonds is 10. The zero-order valence-corrected chi connectivity index (χ0v) is 17.2. The summed E-state index contributed by atoms with van der Waals surface area (Å²) >= 11 is 0. The molecule has 1 aromatic carbocycles. The highest BCUT2D eigenvalue weighted by Gasteiger charge is 2.42. The summed E-state index contributed by atoms with van der Waals surface area (Å²) < 4.78 is 48.3. The van der Waals surface area contributed by atoms with Gasteiger partial charge in [0.15, 0.2) is 10.9 Å². The first-order valence-electron chi connectivity index (χ1n) is 8.50. The molecule has 1 aromatic heterocycles. The van der Waals surface area contributed by atoms with E-state index in [1.54, 1.807) is 52.0 Å². The Balaban J connectivity index is 2.81. The number of aromatic nitrogens is 2. The molecule has 10 heteroatoms. The quantitative estimate of drug-likeness (QED) is 0.558. The Hall–Kier alpha value is -1.14. The Morgan fingerprint density at radius 2 is 1.00 bits per heavy atom. The summed E-state index contributed by atoms with van der Waals surface area (Å²) in [7, 11) is -7.73. The lowest BCUT2D eigenvalue weighted by molar-refractivity contribution is 0.225. The Morgan fingerprint density at radius 1 is 0.692 bits per heavy atom. The lowest BCUT2D eigenvalue weighted by atomic mass is 10.3. The van der Waals surface area contributed by atoms with E-state index in [1.807, 2.05) is 0 Å². The molecule has 0 saturated carbocycles. The van der Waals surface area contributed by atoms with Gasteiger partial charge < -0.3 is 18.1 Å². The van der Waals surface area contributed by atoms with Crippen LogP contribution in [-0.2, 0) is 27.2 Å². The van der Waals surface area contributed by atoms with Gasteiger partial charge in [0.25, 0.3) is 0 Å². The van der Waals surface area contributed by atoms with Crippen molar-refractivity contribution in [3.8, 4) is 0 Å². The second-order valence-corrected chi connectivity index (χ2v) is 8.90. The molecule has 1 heterocycles. The summed E-state index contributed by atoms with van der Waals surface area (Å²) in [6.07, 6.45) is 0. The molecule has 26 heavy (non-hydrogen) atoms. The second kappa shape index (κ2) is 9.18. The monoisotopic (exact) mass is 402 g/mol. The van der Waals surface area contributed by atoms with E-state index in [9.17, 15) is 9.13 Å². The van der Waals surface area contributed by atoms with Crippen molar-refractivity contribution in [3.63, 3.8) is 0 Å². The minimum atomic E-state index is -3.86. The number of hydrogen-bond donors (Lipinski definition) is 0. The zero-order chi connectivity index (χ0) is 19.2. The molecule has 0 spiro atoms. The van der Waals surface area contributed by atoms with Gasteiger partial charge >= 0.3 is 15.2 Å². The van der Waals surface area contributed by atoms with Gasteiger partial charge in [-0.05, 0) is 39.8 Å². The van der Waals surface area contributed by atoms with Crippen molar-refractivity contribution in [1.29, 1.82) is 0 Å². The van der Waals surface area contributed by atoms with Crippen LogP contribution in [0.3, 0.4) is 0 Å². The summed E-state index contributed by atoms with van der Waals surface area (Å²) in [4.78, 5) is 8.81. The fourth-order valence-corrected chi connectivity index (χ4v) is 6.13. The maximum atomic E-state index is 13.4. The van der Waals surface area contributed by atoms with Gasteiger partial charge in [-0.1, -0.05) is 12.1 Å². The van der Waals surface area contributed by atoms with Crippen LogP contribution in [0.2, 0.25) is 0 Å². The molecule has 2 aromatic rings. The minimum absolute atomic E-state index is 0.124. The van der Waals surface area contributed by atoms with Crippen molar-refractivity contribution in [2.75, 3.05) is 26.4 Å². The lowest BCUT2D eigenvalue weighted by Gasteiger charge is -2.22. The van der Waals surface area contributed by atoms with Gasteiger partial charge in [0.05, 0.1) is 37.5 Å². The smallest absolute Gasteiger partial charge is 0.304 e. The number of para-hydroxylation sites is 2. The van der Waals surface area contributed by atoms with Crippen LogP contribution in [0.25, 0.3) is 11.0 Å². The van der Waals surface area contributed by atoms with Gasteiger partial charge in [0, 0.05) is 0 Å². The first-order valence-corrected chi connectivity index (χ1v) is 11.6. The Labute approximate surface area is 153 Å². The van der Waals surface area contributed by atoms with E-state index in [4.69, 9.17) is 18.1 Å². The van der Waals surface area contributed by atoms with Crippen LogP contribution in [0.4, 0.5) is 0 Å². The van der Waals surface area contributed by atoms with Crippen molar-refractivity contribution < 1.29 is 27.2 Å². The van der Waals surface area contributed by atoms with E-state index in [0.717, 1.165) is 0 Å². The van der Waals surface area contributed by atoms with Crippen molar-refractivity contribution in [1.82, 2.24) is 9.97 Å². The highest BCUT2D eigenvalue weighted by Crippen LogP contribution is 2.52. The summed E-state index contributed by atoms with van der Waals surface area (Å²) in [5.41, 5.74) is 0.686. The third kappa shape index (κ3) is 4.39. The molecule has 0 aliphatic rings. The van der Waals surface area contributed by atoms with Crippen LogP contribution < -0.4 is 10.9 Å². The number of nitrogens with zero attached hydrogens (tertiary/aromatic N) is 2. The van der Waals surface area contributed by atoms with Crippen LogP contribution in [0.5, 0.6) is 0 Å². The summed E-state index contributed by atoms with van der Waals surface area (Å²) in [5.74, 6) is 0. The van der Waals surface area contributed by atoms with Gasteiger partial charge in [-0.3, -0.25) is 9.13 Å². The molecular formula is C16H24N2O6P2. The van der Waals surface area contributed by atoms with Crippen LogP contribution in [0.1, 0.15) is 27.7 Å². The first-order chi connectivity index (χ1) is 12.4. The largest absolute Gasteiger partial charge is 0.382 e. The molecule has 8 nitrogen and oxygen atoms in total. The maximum Gasteiger partial charge on any atom is 0.382 e. The highest BCUT2D eigenvalue weighted by molar-refractivity contribution is 7.68. The van der Waals surface area contributed by atoms with Crippen LogP contribution in [-0.4, -0.2) is 36.4 Å². The van der Waals surface area contributed by atoms with E-state index >= 15 is 0 Å². The number of benzene rings is 1. The molecule has 0 atom stereocenters. The number of fused-ring (bicyclic) bond motifs is 1. The Morgan fingerprint density at radius 3 is 1.27 bits per heavy atom. The Bertz CT molecular complexity index is 756. The predicted octanol–water partition coefficient (Wildman–Crippen LogP) is 3.41. The van der Waals surface area contributed by atoms with E-state index in [-0.39, 0.29) is 37.3 Å².